The van der Waals surface area contributed by atoms with E-state index in [1.54, 1.807) is 18.2 Å². The highest BCUT2D eigenvalue weighted by atomic mass is 35.5. The lowest BCUT2D eigenvalue weighted by Crippen LogP contribution is -2.48. The van der Waals surface area contributed by atoms with Crippen LogP contribution in [0.4, 0.5) is 0 Å². The summed E-state index contributed by atoms with van der Waals surface area (Å²) in [7, 11) is 1.36. The number of hydrogen-bond acceptors (Lipinski definition) is 4. The minimum atomic E-state index is -1.17. The van der Waals surface area contributed by atoms with Crippen LogP contribution < -0.4 is 10.1 Å². The number of carboxylic acid groups (broad SMARTS) is 1. The maximum Gasteiger partial charge on any atom is 0.328 e. The van der Waals surface area contributed by atoms with Crippen molar-refractivity contribution in [1.82, 2.24) is 5.32 Å². The Kier molecular flexibility index (Phi) is 6.45. The van der Waals surface area contributed by atoms with E-state index in [1.165, 1.54) is 14.0 Å². The number of amides is 1. The van der Waals surface area contributed by atoms with Crippen molar-refractivity contribution >= 4 is 23.5 Å². The molecule has 0 heterocycles. The van der Waals surface area contributed by atoms with Crippen LogP contribution in [-0.2, 0) is 14.3 Å². The molecule has 2 N–H and O–H groups in total. The number of carbonyl (C=O) groups excluding carboxylic acids is 1. The van der Waals surface area contributed by atoms with Gasteiger partial charge in [-0.05, 0) is 37.6 Å². The van der Waals surface area contributed by atoms with Crippen molar-refractivity contribution in [3.05, 3.63) is 28.8 Å². The molecule has 0 aliphatic carbocycles. The van der Waals surface area contributed by atoms with Gasteiger partial charge in [0.2, 0.25) is 0 Å². The molecule has 0 aliphatic rings. The quantitative estimate of drug-likeness (QED) is 0.799. The summed E-state index contributed by atoms with van der Waals surface area (Å²) in [6.45, 7) is 3.23. The Hall–Kier alpha value is -1.79. The van der Waals surface area contributed by atoms with Gasteiger partial charge >= 0.3 is 5.97 Å². The number of nitrogens with one attached hydrogen (secondary N) is 1. The molecule has 7 heteroatoms. The number of aliphatic carboxylic acids is 1. The third-order valence-electron chi connectivity index (χ3n) is 2.76. The monoisotopic (exact) mass is 315 g/mol. The van der Waals surface area contributed by atoms with E-state index in [1.807, 2.05) is 6.92 Å². The van der Waals surface area contributed by atoms with Crippen LogP contribution in [0.15, 0.2) is 18.2 Å². The van der Waals surface area contributed by atoms with Gasteiger partial charge in [-0.2, -0.15) is 0 Å². The van der Waals surface area contributed by atoms with Gasteiger partial charge in [0.1, 0.15) is 5.75 Å². The molecule has 0 radical (unpaired) electrons. The molecule has 0 bridgehead atoms. The Labute approximate surface area is 128 Å². The number of methoxy groups -OCH3 is 1. The Balaban J connectivity index is 2.65. The zero-order chi connectivity index (χ0) is 16.0. The first-order chi connectivity index (χ1) is 9.85. The number of rotatable bonds is 7. The van der Waals surface area contributed by atoms with E-state index in [0.717, 1.165) is 5.56 Å². The molecule has 1 aromatic carbocycles. The van der Waals surface area contributed by atoms with Gasteiger partial charge in [-0.25, -0.2) is 4.79 Å². The van der Waals surface area contributed by atoms with Crippen LogP contribution in [0.25, 0.3) is 0 Å². The van der Waals surface area contributed by atoms with Crippen LogP contribution >= 0.6 is 11.6 Å². The van der Waals surface area contributed by atoms with E-state index < -0.39 is 24.0 Å². The molecule has 0 fully saturated rings. The van der Waals surface area contributed by atoms with Crippen molar-refractivity contribution in [3.63, 3.8) is 0 Å². The van der Waals surface area contributed by atoms with Crippen LogP contribution in [0.2, 0.25) is 5.02 Å². The molecule has 0 saturated carbocycles. The van der Waals surface area contributed by atoms with E-state index in [9.17, 15) is 9.59 Å². The molecule has 1 amide bonds. The van der Waals surface area contributed by atoms with E-state index in [0.29, 0.717) is 10.8 Å². The first-order valence-corrected chi connectivity index (χ1v) is 6.68. The van der Waals surface area contributed by atoms with Crippen molar-refractivity contribution in [3.8, 4) is 5.75 Å². The molecule has 116 valence electrons. The standard InChI is InChI=1S/C14H18ClNO5/c1-8-6-10(4-5-11(8)15)21-9(2)13(17)16-12(7-20-3)14(18)19/h4-6,9,12H,7H2,1-3H3,(H,16,17)(H,18,19). The summed E-state index contributed by atoms with van der Waals surface area (Å²) in [5.41, 5.74) is 0.824. The van der Waals surface area contributed by atoms with Gasteiger partial charge in [-0.1, -0.05) is 11.6 Å². The van der Waals surface area contributed by atoms with Gasteiger partial charge in [0, 0.05) is 12.1 Å². The number of hydrogen-bond donors (Lipinski definition) is 2. The number of carboxylic acids is 1. The van der Waals surface area contributed by atoms with Gasteiger partial charge in [-0.15, -0.1) is 0 Å². The summed E-state index contributed by atoms with van der Waals surface area (Å²) in [5.74, 6) is -1.22. The van der Waals surface area contributed by atoms with Gasteiger partial charge in [-0.3, -0.25) is 4.79 Å². The van der Waals surface area contributed by atoms with E-state index in [2.05, 4.69) is 5.32 Å². The van der Waals surface area contributed by atoms with Crippen molar-refractivity contribution in [2.24, 2.45) is 0 Å². The predicted octanol–water partition coefficient (Wildman–Crippen LogP) is 1.63. The highest BCUT2D eigenvalue weighted by Gasteiger charge is 2.23. The fraction of sp³-hybridized carbons (Fsp3) is 0.429. The number of ether oxygens (including phenoxy) is 2. The minimum absolute atomic E-state index is 0.117. The van der Waals surface area contributed by atoms with Gasteiger partial charge < -0.3 is 19.9 Å². The van der Waals surface area contributed by atoms with Crippen LogP contribution in [0.3, 0.4) is 0 Å². The topological polar surface area (TPSA) is 84.9 Å². The average Bonchev–Trinajstić information content (AvgIpc) is 2.42. The molecule has 6 nitrogen and oxygen atoms in total. The van der Waals surface area contributed by atoms with Crippen molar-refractivity contribution in [2.45, 2.75) is 26.0 Å². The van der Waals surface area contributed by atoms with E-state index >= 15 is 0 Å². The summed E-state index contributed by atoms with van der Waals surface area (Å²) >= 11 is 5.90. The van der Waals surface area contributed by atoms with Crippen LogP contribution in [0.1, 0.15) is 12.5 Å². The SMILES string of the molecule is COCC(NC(=O)C(C)Oc1ccc(Cl)c(C)c1)C(=O)O. The maximum absolute atomic E-state index is 11.9. The molecule has 2 unspecified atom stereocenters. The second-order valence-electron chi connectivity index (χ2n) is 4.53. The number of aryl methyl sites for hydroxylation is 1. The van der Waals surface area contributed by atoms with E-state index in [4.69, 9.17) is 26.2 Å². The predicted molar refractivity (Wildman–Crippen MR) is 77.7 cm³/mol. The van der Waals surface area contributed by atoms with Crippen LogP contribution in [-0.4, -0.2) is 42.8 Å². The van der Waals surface area contributed by atoms with Crippen molar-refractivity contribution in [2.75, 3.05) is 13.7 Å². The summed E-state index contributed by atoms with van der Waals surface area (Å²) in [5, 5.41) is 11.9. The fourth-order valence-electron chi connectivity index (χ4n) is 1.58. The highest BCUT2D eigenvalue weighted by Crippen LogP contribution is 2.21. The zero-order valence-electron chi connectivity index (χ0n) is 12.1. The van der Waals surface area contributed by atoms with Crippen molar-refractivity contribution < 1.29 is 24.2 Å². The Morgan fingerprint density at radius 1 is 1.43 bits per heavy atom. The molecular formula is C14H18ClNO5. The molecule has 21 heavy (non-hydrogen) atoms. The molecule has 1 rings (SSSR count). The largest absolute Gasteiger partial charge is 0.481 e. The summed E-state index contributed by atoms with van der Waals surface area (Å²) in [6, 6.07) is 3.90. The number of halogens is 1. The number of carbonyl (C=O) groups is 2. The summed E-state index contributed by atoms with van der Waals surface area (Å²) in [4.78, 5) is 22.8. The fourth-order valence-corrected chi connectivity index (χ4v) is 1.70. The van der Waals surface area contributed by atoms with Crippen LogP contribution in [0, 0.1) is 6.92 Å². The lowest BCUT2D eigenvalue weighted by molar-refractivity contribution is -0.144. The lowest BCUT2D eigenvalue weighted by atomic mass is 10.2. The minimum Gasteiger partial charge on any atom is -0.481 e. The lowest BCUT2D eigenvalue weighted by Gasteiger charge is -2.18. The second-order valence-corrected chi connectivity index (χ2v) is 4.93. The average molecular weight is 316 g/mol. The summed E-state index contributed by atoms with van der Waals surface area (Å²) < 4.78 is 10.2. The molecule has 0 saturated heterocycles. The third kappa shape index (κ3) is 5.24. The number of benzene rings is 1. The molecule has 0 spiro atoms. The highest BCUT2D eigenvalue weighted by molar-refractivity contribution is 6.31. The van der Waals surface area contributed by atoms with Gasteiger partial charge in [0.25, 0.3) is 5.91 Å². The smallest absolute Gasteiger partial charge is 0.328 e. The molecule has 0 aromatic heterocycles. The molecule has 2 atom stereocenters. The maximum atomic E-state index is 11.9. The first kappa shape index (κ1) is 17.3. The molecular weight excluding hydrogens is 298 g/mol. The normalized spacial score (nSPS) is 13.3. The Bertz CT molecular complexity index is 520. The molecule has 1 aromatic rings. The van der Waals surface area contributed by atoms with Crippen LogP contribution in [0.5, 0.6) is 5.75 Å². The summed E-state index contributed by atoms with van der Waals surface area (Å²) in [6.07, 6.45) is -0.843. The van der Waals surface area contributed by atoms with E-state index in [-0.39, 0.29) is 6.61 Å². The van der Waals surface area contributed by atoms with Gasteiger partial charge in [0.05, 0.1) is 6.61 Å². The first-order valence-electron chi connectivity index (χ1n) is 6.30. The van der Waals surface area contributed by atoms with Crippen molar-refractivity contribution in [1.29, 1.82) is 0 Å². The Morgan fingerprint density at radius 3 is 2.62 bits per heavy atom. The van der Waals surface area contributed by atoms with Gasteiger partial charge in [0.15, 0.2) is 12.1 Å². The second kappa shape index (κ2) is 7.85. The Morgan fingerprint density at radius 2 is 2.10 bits per heavy atom. The molecule has 0 aliphatic heterocycles. The zero-order valence-corrected chi connectivity index (χ0v) is 12.8. The third-order valence-corrected chi connectivity index (χ3v) is 3.18.